The molecule has 0 aliphatic rings. The molecule has 2 rings (SSSR count). The highest BCUT2D eigenvalue weighted by Gasteiger charge is 2.09. The third-order valence-corrected chi connectivity index (χ3v) is 3.40. The van der Waals surface area contributed by atoms with Crippen molar-refractivity contribution in [1.82, 2.24) is 15.8 Å². The molecule has 1 aromatic heterocycles. The van der Waals surface area contributed by atoms with Gasteiger partial charge in [-0.25, -0.2) is 0 Å². The molecule has 2 aromatic rings. The number of unbranched alkanes of at least 4 members (excludes halogenated alkanes) is 1. The molecule has 0 unspecified atom stereocenters. The number of hydrazine groups is 1. The summed E-state index contributed by atoms with van der Waals surface area (Å²) in [7, 11) is 0. The van der Waals surface area contributed by atoms with Gasteiger partial charge in [-0.05, 0) is 42.8 Å². The number of carbonyl (C=O) groups excluding carboxylic acids is 3. The smallest absolute Gasteiger partial charge is 0.271 e. The van der Waals surface area contributed by atoms with Crippen molar-refractivity contribution < 1.29 is 14.4 Å². The molecule has 7 heteroatoms. The van der Waals surface area contributed by atoms with Crippen molar-refractivity contribution in [2.24, 2.45) is 0 Å². The van der Waals surface area contributed by atoms with Crippen LogP contribution in [0.25, 0.3) is 0 Å². The molecule has 0 aliphatic carbocycles. The summed E-state index contributed by atoms with van der Waals surface area (Å²) in [5.74, 6) is -0.967. The zero-order valence-corrected chi connectivity index (χ0v) is 13.9. The van der Waals surface area contributed by atoms with Crippen LogP contribution in [0.15, 0.2) is 48.8 Å². The summed E-state index contributed by atoms with van der Waals surface area (Å²) in [6.45, 7) is 2.02. The van der Waals surface area contributed by atoms with Crippen molar-refractivity contribution in [3.05, 3.63) is 59.9 Å². The van der Waals surface area contributed by atoms with Gasteiger partial charge in [-0.15, -0.1) is 0 Å². The molecule has 7 nitrogen and oxygen atoms in total. The molecule has 130 valence electrons. The third kappa shape index (κ3) is 5.72. The zero-order chi connectivity index (χ0) is 18.1. The second-order valence-electron chi connectivity index (χ2n) is 5.38. The van der Waals surface area contributed by atoms with Crippen LogP contribution in [0.3, 0.4) is 0 Å². The Balaban J connectivity index is 1.85. The van der Waals surface area contributed by atoms with Gasteiger partial charge in [0.05, 0.1) is 5.56 Å². The van der Waals surface area contributed by atoms with Gasteiger partial charge in [-0.1, -0.05) is 13.3 Å². The largest absolute Gasteiger partial charge is 0.326 e. The molecule has 0 bridgehead atoms. The average molecular weight is 340 g/mol. The molecule has 0 radical (unpaired) electrons. The highest BCUT2D eigenvalue weighted by atomic mass is 16.2. The monoisotopic (exact) mass is 340 g/mol. The number of benzene rings is 1. The van der Waals surface area contributed by atoms with Crippen LogP contribution < -0.4 is 16.2 Å². The van der Waals surface area contributed by atoms with Gasteiger partial charge >= 0.3 is 0 Å². The predicted molar refractivity (Wildman–Crippen MR) is 93.8 cm³/mol. The molecule has 25 heavy (non-hydrogen) atoms. The van der Waals surface area contributed by atoms with E-state index < -0.39 is 11.8 Å². The number of rotatable bonds is 6. The van der Waals surface area contributed by atoms with Crippen LogP contribution in [0.1, 0.15) is 46.9 Å². The summed E-state index contributed by atoms with van der Waals surface area (Å²) in [4.78, 5) is 39.3. The van der Waals surface area contributed by atoms with Crippen molar-refractivity contribution in [3.8, 4) is 0 Å². The highest BCUT2D eigenvalue weighted by molar-refractivity contribution is 5.99. The fourth-order valence-electron chi connectivity index (χ4n) is 2.02. The van der Waals surface area contributed by atoms with E-state index in [9.17, 15) is 14.4 Å². The van der Waals surface area contributed by atoms with Crippen molar-refractivity contribution in [2.75, 3.05) is 5.32 Å². The van der Waals surface area contributed by atoms with E-state index in [4.69, 9.17) is 0 Å². The molecule has 3 N–H and O–H groups in total. The normalized spacial score (nSPS) is 9.96. The summed E-state index contributed by atoms with van der Waals surface area (Å²) in [6.07, 6.45) is 5.22. The highest BCUT2D eigenvalue weighted by Crippen LogP contribution is 2.10. The zero-order valence-electron chi connectivity index (χ0n) is 13.9. The molecule has 0 aliphatic heterocycles. The van der Waals surface area contributed by atoms with Crippen LogP contribution in [0, 0.1) is 0 Å². The number of nitrogens with one attached hydrogen (secondary N) is 3. The molecule has 0 fully saturated rings. The van der Waals surface area contributed by atoms with Gasteiger partial charge in [0.25, 0.3) is 11.8 Å². The van der Waals surface area contributed by atoms with Gasteiger partial charge in [-0.3, -0.25) is 30.2 Å². The quantitative estimate of drug-likeness (QED) is 0.702. The minimum atomic E-state index is -0.457. The molecular weight excluding hydrogens is 320 g/mol. The second kappa shape index (κ2) is 9.17. The first-order valence-electron chi connectivity index (χ1n) is 8.00. The number of carbonyl (C=O) groups is 3. The van der Waals surface area contributed by atoms with Crippen LogP contribution in [0.4, 0.5) is 5.69 Å². The first-order chi connectivity index (χ1) is 12.1. The lowest BCUT2D eigenvalue weighted by atomic mass is 10.2. The van der Waals surface area contributed by atoms with Gasteiger partial charge < -0.3 is 5.32 Å². The molecule has 1 heterocycles. The van der Waals surface area contributed by atoms with E-state index in [1.807, 2.05) is 6.92 Å². The van der Waals surface area contributed by atoms with E-state index in [1.54, 1.807) is 42.6 Å². The second-order valence-corrected chi connectivity index (χ2v) is 5.38. The Kier molecular flexibility index (Phi) is 6.65. The lowest BCUT2D eigenvalue weighted by molar-refractivity contribution is -0.116. The van der Waals surface area contributed by atoms with Gasteiger partial charge in [-0.2, -0.15) is 0 Å². The number of hydrogen-bond acceptors (Lipinski definition) is 4. The van der Waals surface area contributed by atoms with E-state index in [-0.39, 0.29) is 5.91 Å². The van der Waals surface area contributed by atoms with Crippen molar-refractivity contribution in [3.63, 3.8) is 0 Å². The molecular formula is C18H20N4O3. The average Bonchev–Trinajstić information content (AvgIpc) is 2.65. The van der Waals surface area contributed by atoms with Crippen molar-refractivity contribution in [2.45, 2.75) is 26.2 Å². The standard InChI is InChI=1S/C18H20N4O3/c1-2-3-6-16(23)20-15-9-7-13(8-10-15)17(24)21-22-18(25)14-5-4-11-19-12-14/h4-5,7-12H,2-3,6H2,1H3,(H,20,23)(H,21,24)(H,22,25). The van der Waals surface area contributed by atoms with Crippen LogP contribution in [0.5, 0.6) is 0 Å². The Labute approximate surface area is 145 Å². The lowest BCUT2D eigenvalue weighted by Crippen LogP contribution is -2.41. The van der Waals surface area contributed by atoms with Crippen LogP contribution >= 0.6 is 0 Å². The lowest BCUT2D eigenvalue weighted by Gasteiger charge is -2.08. The number of pyridine rings is 1. The first kappa shape index (κ1) is 18.1. The Morgan fingerprint density at radius 1 is 0.960 bits per heavy atom. The van der Waals surface area contributed by atoms with Crippen LogP contribution in [-0.2, 0) is 4.79 Å². The van der Waals surface area contributed by atoms with Crippen molar-refractivity contribution in [1.29, 1.82) is 0 Å². The van der Waals surface area contributed by atoms with E-state index in [0.717, 1.165) is 12.8 Å². The van der Waals surface area contributed by atoms with E-state index in [1.165, 1.54) is 6.20 Å². The van der Waals surface area contributed by atoms with Crippen LogP contribution in [0.2, 0.25) is 0 Å². The van der Waals surface area contributed by atoms with Gasteiger partial charge in [0.1, 0.15) is 0 Å². The number of anilines is 1. The van der Waals surface area contributed by atoms with Gasteiger partial charge in [0, 0.05) is 30.1 Å². The summed E-state index contributed by atoms with van der Waals surface area (Å²) in [5, 5.41) is 2.77. The maximum absolute atomic E-state index is 12.0. The summed E-state index contributed by atoms with van der Waals surface area (Å²) in [5.41, 5.74) is 5.97. The molecule has 0 saturated carbocycles. The minimum absolute atomic E-state index is 0.0530. The van der Waals surface area contributed by atoms with Crippen molar-refractivity contribution >= 4 is 23.4 Å². The Morgan fingerprint density at radius 2 is 1.64 bits per heavy atom. The van der Waals surface area contributed by atoms with E-state index in [0.29, 0.717) is 23.2 Å². The number of aromatic nitrogens is 1. The fraction of sp³-hybridized carbons (Fsp3) is 0.222. The number of hydrogen-bond donors (Lipinski definition) is 3. The Hall–Kier alpha value is -3.22. The first-order valence-corrected chi connectivity index (χ1v) is 8.00. The molecule has 0 saturated heterocycles. The third-order valence-electron chi connectivity index (χ3n) is 3.40. The van der Waals surface area contributed by atoms with E-state index >= 15 is 0 Å². The van der Waals surface area contributed by atoms with Gasteiger partial charge in [0.15, 0.2) is 0 Å². The van der Waals surface area contributed by atoms with E-state index in [2.05, 4.69) is 21.2 Å². The maximum atomic E-state index is 12.0. The Morgan fingerprint density at radius 3 is 2.24 bits per heavy atom. The molecule has 1 aromatic carbocycles. The van der Waals surface area contributed by atoms with Crippen LogP contribution in [-0.4, -0.2) is 22.7 Å². The maximum Gasteiger partial charge on any atom is 0.271 e. The van der Waals surface area contributed by atoms with Gasteiger partial charge in [0.2, 0.25) is 5.91 Å². The summed E-state index contributed by atoms with van der Waals surface area (Å²) < 4.78 is 0. The summed E-state index contributed by atoms with van der Waals surface area (Å²) in [6, 6.07) is 9.64. The topological polar surface area (TPSA) is 100 Å². The molecule has 3 amide bonds. The molecule has 0 spiro atoms. The predicted octanol–water partition coefficient (Wildman–Crippen LogP) is 2.29. The molecule has 0 atom stereocenters. The minimum Gasteiger partial charge on any atom is -0.326 e. The summed E-state index contributed by atoms with van der Waals surface area (Å²) >= 11 is 0. The fourth-order valence-corrected chi connectivity index (χ4v) is 2.02. The Bertz CT molecular complexity index is 730. The number of amides is 3. The SMILES string of the molecule is CCCCC(=O)Nc1ccc(C(=O)NNC(=O)c2cccnc2)cc1. The number of nitrogens with zero attached hydrogens (tertiary/aromatic N) is 1.